The Bertz CT molecular complexity index is 409. The number of carbonyl (C=O) groups excluding carboxylic acids is 1. The summed E-state index contributed by atoms with van der Waals surface area (Å²) in [5, 5.41) is 6.23. The molecule has 1 heterocycles. The summed E-state index contributed by atoms with van der Waals surface area (Å²) in [7, 11) is 0. The third-order valence-electron chi connectivity index (χ3n) is 3.09. The normalized spacial score (nSPS) is 18.6. The smallest absolute Gasteiger partial charge is 0.253 e. The summed E-state index contributed by atoms with van der Waals surface area (Å²) in [4.78, 5) is 11.9. The van der Waals surface area contributed by atoms with E-state index in [2.05, 4.69) is 24.5 Å². The summed E-state index contributed by atoms with van der Waals surface area (Å²) < 4.78 is 5.35. The van der Waals surface area contributed by atoms with Crippen LogP contribution >= 0.6 is 0 Å². The average molecular weight is 262 g/mol. The Kier molecular flexibility index (Phi) is 4.80. The molecule has 1 aliphatic rings. The van der Waals surface area contributed by atoms with Crippen molar-refractivity contribution in [1.29, 1.82) is 0 Å². The third kappa shape index (κ3) is 4.24. The third-order valence-corrected chi connectivity index (χ3v) is 3.09. The lowest BCUT2D eigenvalue weighted by Gasteiger charge is -2.12. The van der Waals surface area contributed by atoms with Gasteiger partial charge in [-0.1, -0.05) is 13.8 Å². The molecule has 0 bridgehead atoms. The molecule has 4 heteroatoms. The predicted molar refractivity (Wildman–Crippen MR) is 77.4 cm³/mol. The minimum Gasteiger partial charge on any atom is -0.385 e. The van der Waals surface area contributed by atoms with Crippen LogP contribution in [0.15, 0.2) is 24.3 Å². The van der Waals surface area contributed by atoms with E-state index >= 15 is 0 Å². The zero-order chi connectivity index (χ0) is 13.7. The Hall–Kier alpha value is -1.55. The number of ether oxygens (including phenoxy) is 1. The summed E-state index contributed by atoms with van der Waals surface area (Å²) in [6.07, 6.45) is 1.51. The van der Waals surface area contributed by atoms with E-state index in [1.807, 2.05) is 24.3 Å². The molecule has 19 heavy (non-hydrogen) atoms. The molecule has 4 nitrogen and oxygen atoms in total. The van der Waals surface area contributed by atoms with E-state index < -0.39 is 0 Å². The summed E-state index contributed by atoms with van der Waals surface area (Å²) in [5.74, 6) is 0.569. The number of hydrogen-bond acceptors (Lipinski definition) is 3. The lowest BCUT2D eigenvalue weighted by atomic mass is 10.2. The molecule has 0 radical (unpaired) electrons. The maximum atomic E-state index is 11.9. The highest BCUT2D eigenvalue weighted by atomic mass is 16.5. The Morgan fingerprint density at radius 1 is 1.32 bits per heavy atom. The van der Waals surface area contributed by atoms with E-state index in [4.69, 9.17) is 4.74 Å². The summed E-state index contributed by atoms with van der Waals surface area (Å²) in [6.45, 7) is 5.98. The van der Waals surface area contributed by atoms with Crippen LogP contribution in [0, 0.1) is 5.92 Å². The van der Waals surface area contributed by atoms with Crippen LogP contribution in [0.4, 0.5) is 11.4 Å². The van der Waals surface area contributed by atoms with Crippen molar-refractivity contribution < 1.29 is 9.53 Å². The number of rotatable bonds is 5. The molecule has 0 aromatic heterocycles. The van der Waals surface area contributed by atoms with Gasteiger partial charge in [0, 0.05) is 24.5 Å². The lowest BCUT2D eigenvalue weighted by molar-refractivity contribution is -0.124. The average Bonchev–Trinajstić information content (AvgIpc) is 2.92. The van der Waals surface area contributed by atoms with E-state index in [-0.39, 0.29) is 12.0 Å². The van der Waals surface area contributed by atoms with E-state index in [0.29, 0.717) is 12.5 Å². The van der Waals surface area contributed by atoms with Crippen LogP contribution < -0.4 is 10.6 Å². The number of amides is 1. The minimum absolute atomic E-state index is 0.0413. The molecule has 104 valence electrons. The van der Waals surface area contributed by atoms with Gasteiger partial charge >= 0.3 is 0 Å². The van der Waals surface area contributed by atoms with Crippen molar-refractivity contribution in [3.63, 3.8) is 0 Å². The SMILES string of the molecule is CC(C)CNc1ccc(NC(=O)C2CCCO2)cc1. The van der Waals surface area contributed by atoms with Crippen LogP contribution in [0.1, 0.15) is 26.7 Å². The van der Waals surface area contributed by atoms with Crippen molar-refractivity contribution in [2.75, 3.05) is 23.8 Å². The van der Waals surface area contributed by atoms with Gasteiger partial charge in [-0.25, -0.2) is 0 Å². The molecular weight excluding hydrogens is 240 g/mol. The van der Waals surface area contributed by atoms with Crippen LogP contribution in [-0.2, 0) is 9.53 Å². The molecule has 0 aliphatic carbocycles. The fraction of sp³-hybridized carbons (Fsp3) is 0.533. The zero-order valence-corrected chi connectivity index (χ0v) is 11.6. The molecule has 2 rings (SSSR count). The number of hydrogen-bond donors (Lipinski definition) is 2. The van der Waals surface area contributed by atoms with E-state index in [1.54, 1.807) is 0 Å². The van der Waals surface area contributed by atoms with Gasteiger partial charge in [-0.3, -0.25) is 4.79 Å². The lowest BCUT2D eigenvalue weighted by Crippen LogP contribution is -2.26. The van der Waals surface area contributed by atoms with Gasteiger partial charge in [0.25, 0.3) is 5.91 Å². The van der Waals surface area contributed by atoms with Gasteiger partial charge in [0.1, 0.15) is 6.10 Å². The molecular formula is C15H22N2O2. The fourth-order valence-electron chi connectivity index (χ4n) is 2.00. The first kappa shape index (κ1) is 13.9. The summed E-state index contributed by atoms with van der Waals surface area (Å²) >= 11 is 0. The summed E-state index contributed by atoms with van der Waals surface area (Å²) in [6, 6.07) is 7.78. The topological polar surface area (TPSA) is 50.4 Å². The van der Waals surface area contributed by atoms with Gasteiger partial charge in [0.15, 0.2) is 0 Å². The highest BCUT2D eigenvalue weighted by Gasteiger charge is 2.23. The maximum Gasteiger partial charge on any atom is 0.253 e. The van der Waals surface area contributed by atoms with Crippen molar-refractivity contribution in [3.8, 4) is 0 Å². The zero-order valence-electron chi connectivity index (χ0n) is 11.6. The van der Waals surface area contributed by atoms with Gasteiger partial charge in [-0.05, 0) is 43.0 Å². The quantitative estimate of drug-likeness (QED) is 0.858. The number of carbonyl (C=O) groups is 1. The standard InChI is InChI=1S/C15H22N2O2/c1-11(2)10-16-12-5-7-13(8-6-12)17-15(18)14-4-3-9-19-14/h5-8,11,14,16H,3-4,9-10H2,1-2H3,(H,17,18). The van der Waals surface area contributed by atoms with Crippen molar-refractivity contribution in [2.24, 2.45) is 5.92 Å². The molecule has 1 saturated heterocycles. The van der Waals surface area contributed by atoms with Crippen molar-refractivity contribution in [3.05, 3.63) is 24.3 Å². The first-order chi connectivity index (χ1) is 9.15. The minimum atomic E-state index is -0.279. The fourth-order valence-corrected chi connectivity index (χ4v) is 2.00. The van der Waals surface area contributed by atoms with Crippen molar-refractivity contribution in [1.82, 2.24) is 0 Å². The van der Waals surface area contributed by atoms with Crippen LogP contribution in [0.5, 0.6) is 0 Å². The second-order valence-corrected chi connectivity index (χ2v) is 5.34. The Morgan fingerprint density at radius 2 is 2.00 bits per heavy atom. The van der Waals surface area contributed by atoms with Gasteiger partial charge in [-0.2, -0.15) is 0 Å². The predicted octanol–water partition coefficient (Wildman–Crippen LogP) is 2.87. The van der Waals surface area contributed by atoms with E-state index in [0.717, 1.165) is 30.8 Å². The van der Waals surface area contributed by atoms with Gasteiger partial charge < -0.3 is 15.4 Å². The molecule has 0 spiro atoms. The molecule has 1 aromatic rings. The van der Waals surface area contributed by atoms with Crippen LogP contribution in [0.25, 0.3) is 0 Å². The molecule has 1 aliphatic heterocycles. The Morgan fingerprint density at radius 3 is 2.58 bits per heavy atom. The van der Waals surface area contributed by atoms with Crippen LogP contribution in [0.3, 0.4) is 0 Å². The van der Waals surface area contributed by atoms with Crippen LogP contribution in [-0.4, -0.2) is 25.2 Å². The molecule has 1 amide bonds. The second-order valence-electron chi connectivity index (χ2n) is 5.34. The Labute approximate surface area is 114 Å². The maximum absolute atomic E-state index is 11.9. The Balaban J connectivity index is 1.85. The monoisotopic (exact) mass is 262 g/mol. The molecule has 2 N–H and O–H groups in total. The number of anilines is 2. The second kappa shape index (κ2) is 6.57. The molecule has 1 atom stereocenters. The van der Waals surface area contributed by atoms with E-state index in [1.165, 1.54) is 0 Å². The highest BCUT2D eigenvalue weighted by molar-refractivity contribution is 5.94. The molecule has 1 aromatic carbocycles. The van der Waals surface area contributed by atoms with Crippen molar-refractivity contribution >= 4 is 17.3 Å². The molecule has 0 saturated carbocycles. The van der Waals surface area contributed by atoms with E-state index in [9.17, 15) is 4.79 Å². The molecule has 1 unspecified atom stereocenters. The van der Waals surface area contributed by atoms with Crippen molar-refractivity contribution in [2.45, 2.75) is 32.8 Å². The first-order valence-electron chi connectivity index (χ1n) is 6.91. The van der Waals surface area contributed by atoms with Crippen LogP contribution in [0.2, 0.25) is 0 Å². The highest BCUT2D eigenvalue weighted by Crippen LogP contribution is 2.17. The molecule has 1 fully saturated rings. The van der Waals surface area contributed by atoms with Gasteiger partial charge in [0.05, 0.1) is 0 Å². The largest absolute Gasteiger partial charge is 0.385 e. The van der Waals surface area contributed by atoms with Gasteiger partial charge in [-0.15, -0.1) is 0 Å². The summed E-state index contributed by atoms with van der Waals surface area (Å²) in [5.41, 5.74) is 1.89. The van der Waals surface area contributed by atoms with Gasteiger partial charge in [0.2, 0.25) is 0 Å². The first-order valence-corrected chi connectivity index (χ1v) is 6.91. The number of benzene rings is 1. The number of nitrogens with one attached hydrogen (secondary N) is 2.